The minimum atomic E-state index is -1.60. The molecule has 194 valence electrons. The highest BCUT2D eigenvalue weighted by Gasteiger charge is 2.50. The predicted octanol–water partition coefficient (Wildman–Crippen LogP) is -4.17. The van der Waals surface area contributed by atoms with E-state index >= 15 is 0 Å². The van der Waals surface area contributed by atoms with Crippen LogP contribution in [0.25, 0.3) is 0 Å². The molecule has 2 aliphatic rings. The Balaban J connectivity index is 2.01. The lowest BCUT2D eigenvalue weighted by Gasteiger charge is -2.47. The van der Waals surface area contributed by atoms with Gasteiger partial charge in [-0.15, -0.1) is 0 Å². The standard InChI is InChI=1S/C19H36N2O12/c20-4-2-6-29-16-9(7-22)31-18(12(21)13(16)26)33-17-10(8-23)32-19(15(28)14(17)27)30-5-1-3-11(24)25/h9-10,12-19,22-23,26-28H,1-8,20-21H2,(H,24,25)/t9?,10?,12?,13?,14?,15?,16-,17-,18+,19-/m1/s1. The second-order valence-corrected chi connectivity index (χ2v) is 7.95. The molecule has 0 aromatic heterocycles. The third kappa shape index (κ3) is 7.48. The van der Waals surface area contributed by atoms with E-state index in [1.165, 1.54) is 0 Å². The van der Waals surface area contributed by atoms with Crippen molar-refractivity contribution in [3.05, 3.63) is 0 Å². The molecule has 0 spiro atoms. The summed E-state index contributed by atoms with van der Waals surface area (Å²) in [6.45, 7) is -0.601. The average Bonchev–Trinajstić information content (AvgIpc) is 2.79. The van der Waals surface area contributed by atoms with Gasteiger partial charge in [0.05, 0.1) is 25.9 Å². The molecule has 0 aliphatic carbocycles. The maximum absolute atomic E-state index is 10.6. The summed E-state index contributed by atoms with van der Waals surface area (Å²) in [5.41, 5.74) is 11.5. The van der Waals surface area contributed by atoms with Gasteiger partial charge in [-0.1, -0.05) is 0 Å². The number of rotatable bonds is 13. The molecule has 2 heterocycles. The van der Waals surface area contributed by atoms with Crippen LogP contribution in [0, 0.1) is 0 Å². The summed E-state index contributed by atoms with van der Waals surface area (Å²) in [6, 6.07) is -1.15. The van der Waals surface area contributed by atoms with Gasteiger partial charge in [0.1, 0.15) is 42.7 Å². The third-order valence-electron chi connectivity index (χ3n) is 5.49. The van der Waals surface area contributed by atoms with Gasteiger partial charge in [-0.25, -0.2) is 0 Å². The van der Waals surface area contributed by atoms with E-state index in [0.717, 1.165) is 0 Å². The lowest BCUT2D eigenvalue weighted by molar-refractivity contribution is -0.347. The summed E-state index contributed by atoms with van der Waals surface area (Å²) in [7, 11) is 0. The van der Waals surface area contributed by atoms with Gasteiger partial charge in [0.15, 0.2) is 12.6 Å². The Morgan fingerprint density at radius 2 is 1.45 bits per heavy atom. The molecule has 14 nitrogen and oxygen atoms in total. The largest absolute Gasteiger partial charge is 0.481 e. The quantitative estimate of drug-likeness (QED) is 0.116. The molecule has 0 aromatic rings. The first-order valence-corrected chi connectivity index (χ1v) is 10.9. The van der Waals surface area contributed by atoms with Gasteiger partial charge in [0, 0.05) is 13.0 Å². The first-order chi connectivity index (χ1) is 15.7. The molecular formula is C19H36N2O12. The lowest BCUT2D eigenvalue weighted by Crippen LogP contribution is -2.66. The molecule has 0 saturated carbocycles. The third-order valence-corrected chi connectivity index (χ3v) is 5.49. The topological polar surface area (TPSA) is 237 Å². The summed E-state index contributed by atoms with van der Waals surface area (Å²) in [4.78, 5) is 10.6. The number of carboxylic acid groups (broad SMARTS) is 1. The van der Waals surface area contributed by atoms with Crippen LogP contribution >= 0.6 is 0 Å². The predicted molar refractivity (Wildman–Crippen MR) is 109 cm³/mol. The molecule has 0 radical (unpaired) electrons. The molecule has 0 bridgehead atoms. The molecule has 6 unspecified atom stereocenters. The Hall–Kier alpha value is -1.01. The monoisotopic (exact) mass is 484 g/mol. The van der Waals surface area contributed by atoms with Crippen molar-refractivity contribution >= 4 is 5.97 Å². The molecular weight excluding hydrogens is 448 g/mol. The van der Waals surface area contributed by atoms with E-state index in [1.54, 1.807) is 0 Å². The zero-order valence-corrected chi connectivity index (χ0v) is 18.2. The van der Waals surface area contributed by atoms with Crippen molar-refractivity contribution in [3.8, 4) is 0 Å². The van der Waals surface area contributed by atoms with Crippen LogP contribution < -0.4 is 11.5 Å². The van der Waals surface area contributed by atoms with Crippen molar-refractivity contribution in [1.82, 2.24) is 0 Å². The van der Waals surface area contributed by atoms with Crippen LogP contribution in [-0.4, -0.2) is 131 Å². The Morgan fingerprint density at radius 1 is 0.848 bits per heavy atom. The molecule has 2 saturated heterocycles. The number of carboxylic acids is 1. The van der Waals surface area contributed by atoms with Gasteiger partial charge < -0.3 is 65.8 Å². The SMILES string of the molecule is NCCCO[C@@H]1C(CO)O[C@@H](O[C@@H]2C(CO)O[C@@H](OCCCC(=O)O)C(O)C2O)C(N)C1O. The first kappa shape index (κ1) is 28.2. The van der Waals surface area contributed by atoms with Crippen molar-refractivity contribution < 1.29 is 59.1 Å². The number of aliphatic carboxylic acids is 1. The molecule has 10 atom stereocenters. The number of aliphatic hydroxyl groups excluding tert-OH is 5. The van der Waals surface area contributed by atoms with Crippen LogP contribution in [0.1, 0.15) is 19.3 Å². The Kier molecular flexibility index (Phi) is 11.8. The maximum Gasteiger partial charge on any atom is 0.303 e. The highest BCUT2D eigenvalue weighted by Crippen LogP contribution is 2.29. The molecule has 33 heavy (non-hydrogen) atoms. The zero-order chi connectivity index (χ0) is 24.5. The smallest absolute Gasteiger partial charge is 0.303 e. The summed E-state index contributed by atoms with van der Waals surface area (Å²) in [5.74, 6) is -1.01. The fourth-order valence-corrected chi connectivity index (χ4v) is 3.65. The summed E-state index contributed by atoms with van der Waals surface area (Å²) >= 11 is 0. The molecule has 2 aliphatic heterocycles. The molecule has 2 fully saturated rings. The van der Waals surface area contributed by atoms with Gasteiger partial charge in [-0.2, -0.15) is 0 Å². The van der Waals surface area contributed by atoms with E-state index < -0.39 is 80.5 Å². The molecule has 0 amide bonds. The average molecular weight is 484 g/mol. The highest BCUT2D eigenvalue weighted by atomic mass is 16.7. The van der Waals surface area contributed by atoms with E-state index in [0.29, 0.717) is 13.0 Å². The zero-order valence-electron chi connectivity index (χ0n) is 18.2. The van der Waals surface area contributed by atoms with Crippen molar-refractivity contribution in [1.29, 1.82) is 0 Å². The normalized spacial score (nSPS) is 39.5. The van der Waals surface area contributed by atoms with Crippen LogP contribution in [0.5, 0.6) is 0 Å². The fraction of sp³-hybridized carbons (Fsp3) is 0.947. The Bertz CT molecular complexity index is 583. The minimum absolute atomic E-state index is 0.0586. The Morgan fingerprint density at radius 3 is 2.06 bits per heavy atom. The van der Waals surface area contributed by atoms with Gasteiger partial charge in [-0.3, -0.25) is 4.79 Å². The number of nitrogens with two attached hydrogens (primary N) is 2. The number of hydrogen-bond acceptors (Lipinski definition) is 13. The van der Waals surface area contributed by atoms with E-state index in [-0.39, 0.29) is 26.1 Å². The maximum atomic E-state index is 10.6. The van der Waals surface area contributed by atoms with Crippen LogP contribution in [0.4, 0.5) is 0 Å². The van der Waals surface area contributed by atoms with Crippen molar-refractivity contribution in [2.45, 2.75) is 80.6 Å². The van der Waals surface area contributed by atoms with Gasteiger partial charge in [0.25, 0.3) is 0 Å². The van der Waals surface area contributed by atoms with Crippen LogP contribution in [0.2, 0.25) is 0 Å². The van der Waals surface area contributed by atoms with Crippen LogP contribution in [0.3, 0.4) is 0 Å². The van der Waals surface area contributed by atoms with E-state index in [1.807, 2.05) is 0 Å². The number of ether oxygens (including phenoxy) is 5. The molecule has 0 aromatic carbocycles. The first-order valence-electron chi connectivity index (χ1n) is 10.9. The fourth-order valence-electron chi connectivity index (χ4n) is 3.65. The summed E-state index contributed by atoms with van der Waals surface area (Å²) in [5, 5.41) is 59.6. The van der Waals surface area contributed by atoms with E-state index in [4.69, 9.17) is 40.3 Å². The van der Waals surface area contributed by atoms with Crippen molar-refractivity contribution in [2.24, 2.45) is 11.5 Å². The van der Waals surface area contributed by atoms with Gasteiger partial charge in [-0.05, 0) is 19.4 Å². The van der Waals surface area contributed by atoms with Crippen molar-refractivity contribution in [3.63, 3.8) is 0 Å². The molecule has 10 N–H and O–H groups in total. The highest BCUT2D eigenvalue weighted by molar-refractivity contribution is 5.66. The van der Waals surface area contributed by atoms with Gasteiger partial charge in [0.2, 0.25) is 0 Å². The van der Waals surface area contributed by atoms with Crippen LogP contribution in [0.15, 0.2) is 0 Å². The van der Waals surface area contributed by atoms with Gasteiger partial charge >= 0.3 is 5.97 Å². The second-order valence-electron chi connectivity index (χ2n) is 7.95. The van der Waals surface area contributed by atoms with E-state index in [9.17, 15) is 30.3 Å². The lowest BCUT2D eigenvalue weighted by atomic mass is 9.96. The number of hydrogen-bond donors (Lipinski definition) is 8. The second kappa shape index (κ2) is 13.8. The number of aliphatic hydroxyl groups is 5. The summed E-state index contributed by atoms with van der Waals surface area (Å²) < 4.78 is 27.7. The van der Waals surface area contributed by atoms with E-state index in [2.05, 4.69) is 0 Å². The number of carbonyl (C=O) groups is 1. The van der Waals surface area contributed by atoms with Crippen molar-refractivity contribution in [2.75, 3.05) is 33.0 Å². The molecule has 2 rings (SSSR count). The minimum Gasteiger partial charge on any atom is -0.481 e. The molecule has 14 heteroatoms. The summed E-state index contributed by atoms with van der Waals surface area (Å²) in [6.07, 6.45) is -11.0. The van der Waals surface area contributed by atoms with Crippen LogP contribution in [-0.2, 0) is 28.5 Å². The Labute approximate surface area is 190 Å².